The van der Waals surface area contributed by atoms with Gasteiger partial charge in [-0.2, -0.15) is 0 Å². The summed E-state index contributed by atoms with van der Waals surface area (Å²) in [6.07, 6.45) is 1.91. The van der Waals surface area contributed by atoms with E-state index in [4.69, 9.17) is 4.74 Å². The van der Waals surface area contributed by atoms with E-state index in [1.54, 1.807) is 30.3 Å². The van der Waals surface area contributed by atoms with E-state index in [-0.39, 0.29) is 18.2 Å². The van der Waals surface area contributed by atoms with Crippen LogP contribution in [-0.4, -0.2) is 9.67 Å². The van der Waals surface area contributed by atoms with E-state index in [0.717, 1.165) is 16.5 Å². The molecule has 0 radical (unpaired) electrons. The second-order valence-electron chi connectivity index (χ2n) is 4.68. The fourth-order valence-electron chi connectivity index (χ4n) is 2.30. The lowest BCUT2D eigenvalue weighted by Gasteiger charge is -2.06. The van der Waals surface area contributed by atoms with E-state index in [9.17, 15) is 9.50 Å². The number of hydrogen-bond donors (Lipinski definition) is 1. The van der Waals surface area contributed by atoms with Gasteiger partial charge in [-0.3, -0.25) is 0 Å². The Morgan fingerprint density at radius 3 is 2.80 bits per heavy atom. The molecule has 102 valence electrons. The Labute approximate surface area is 115 Å². The molecule has 4 heteroatoms. The van der Waals surface area contributed by atoms with Crippen molar-refractivity contribution in [1.29, 1.82) is 0 Å². The normalized spacial score (nSPS) is 10.9. The Hall–Kier alpha value is -2.49. The molecule has 0 aliphatic carbocycles. The highest BCUT2D eigenvalue weighted by molar-refractivity contribution is 5.83. The minimum absolute atomic E-state index is 0.0962. The van der Waals surface area contributed by atoms with Gasteiger partial charge in [0, 0.05) is 29.7 Å². The molecule has 0 aliphatic heterocycles. The molecule has 0 aliphatic rings. The van der Waals surface area contributed by atoms with E-state index >= 15 is 0 Å². The first-order valence-corrected chi connectivity index (χ1v) is 6.29. The summed E-state index contributed by atoms with van der Waals surface area (Å²) in [5, 5.41) is 10.5. The molecule has 3 nitrogen and oxygen atoms in total. The van der Waals surface area contributed by atoms with Crippen LogP contribution in [0.1, 0.15) is 5.56 Å². The quantitative estimate of drug-likeness (QED) is 0.789. The van der Waals surface area contributed by atoms with Crippen LogP contribution in [0.2, 0.25) is 0 Å². The Morgan fingerprint density at radius 1 is 1.20 bits per heavy atom. The summed E-state index contributed by atoms with van der Waals surface area (Å²) in [5.41, 5.74) is 1.83. The Bertz CT molecular complexity index is 764. The number of ether oxygens (including phenoxy) is 1. The lowest BCUT2D eigenvalue weighted by atomic mass is 10.2. The maximum absolute atomic E-state index is 13.4. The molecule has 0 saturated carbocycles. The fourth-order valence-corrected chi connectivity index (χ4v) is 2.30. The molecule has 0 spiro atoms. The average Bonchev–Trinajstić information content (AvgIpc) is 2.74. The summed E-state index contributed by atoms with van der Waals surface area (Å²) < 4.78 is 20.9. The maximum Gasteiger partial charge on any atom is 0.161 e. The fraction of sp³-hybridized carbons (Fsp3) is 0.125. The summed E-state index contributed by atoms with van der Waals surface area (Å²) >= 11 is 0. The summed E-state index contributed by atoms with van der Waals surface area (Å²) in [7, 11) is 1.91. The Kier molecular flexibility index (Phi) is 3.06. The van der Waals surface area contributed by atoms with Crippen LogP contribution in [0.5, 0.6) is 11.5 Å². The molecule has 1 N–H and O–H groups in total. The van der Waals surface area contributed by atoms with Gasteiger partial charge in [-0.25, -0.2) is 4.39 Å². The number of halogens is 1. The number of phenolic OH excluding ortho intramolecular Hbond substituents is 1. The zero-order chi connectivity index (χ0) is 14.1. The van der Waals surface area contributed by atoms with Gasteiger partial charge in [0.15, 0.2) is 11.5 Å². The Balaban J connectivity index is 1.92. The van der Waals surface area contributed by atoms with Crippen LogP contribution in [0.15, 0.2) is 48.7 Å². The van der Waals surface area contributed by atoms with Crippen molar-refractivity contribution in [1.82, 2.24) is 4.57 Å². The number of phenols is 1. The zero-order valence-corrected chi connectivity index (χ0v) is 11.0. The van der Waals surface area contributed by atoms with Crippen molar-refractivity contribution >= 4 is 10.9 Å². The van der Waals surface area contributed by atoms with E-state index in [2.05, 4.69) is 0 Å². The van der Waals surface area contributed by atoms with Gasteiger partial charge in [0.05, 0.1) is 0 Å². The number of rotatable bonds is 3. The van der Waals surface area contributed by atoms with Crippen molar-refractivity contribution in [3.8, 4) is 11.5 Å². The van der Waals surface area contributed by atoms with Crippen LogP contribution >= 0.6 is 0 Å². The van der Waals surface area contributed by atoms with Gasteiger partial charge in [0.1, 0.15) is 12.4 Å². The maximum atomic E-state index is 13.4. The molecule has 2 aromatic carbocycles. The molecule has 0 amide bonds. The van der Waals surface area contributed by atoms with Gasteiger partial charge in [-0.15, -0.1) is 0 Å². The summed E-state index contributed by atoms with van der Waals surface area (Å²) in [4.78, 5) is 0. The molecular formula is C16H14FNO2. The van der Waals surface area contributed by atoms with Gasteiger partial charge < -0.3 is 14.4 Å². The van der Waals surface area contributed by atoms with Crippen LogP contribution in [0.4, 0.5) is 4.39 Å². The number of aromatic hydroxyl groups is 1. The van der Waals surface area contributed by atoms with Crippen LogP contribution in [0, 0.1) is 5.82 Å². The van der Waals surface area contributed by atoms with Gasteiger partial charge in [0.25, 0.3) is 0 Å². The first-order valence-electron chi connectivity index (χ1n) is 6.29. The van der Waals surface area contributed by atoms with Crippen molar-refractivity contribution in [3.05, 3.63) is 60.0 Å². The predicted octanol–water partition coefficient (Wildman–Crippen LogP) is 3.60. The molecule has 0 bridgehead atoms. The molecule has 0 fully saturated rings. The minimum atomic E-state index is -0.271. The van der Waals surface area contributed by atoms with Crippen LogP contribution < -0.4 is 4.74 Å². The van der Waals surface area contributed by atoms with E-state index < -0.39 is 0 Å². The summed E-state index contributed by atoms with van der Waals surface area (Å²) in [6.45, 7) is 0.276. The number of fused-ring (bicyclic) bond motifs is 1. The molecule has 0 saturated heterocycles. The number of hydrogen-bond acceptors (Lipinski definition) is 2. The number of aryl methyl sites for hydroxylation is 1. The predicted molar refractivity (Wildman–Crippen MR) is 75.3 cm³/mol. The molecule has 0 atom stereocenters. The second kappa shape index (κ2) is 4.89. The second-order valence-corrected chi connectivity index (χ2v) is 4.68. The number of aromatic nitrogens is 1. The van der Waals surface area contributed by atoms with E-state index in [1.807, 2.05) is 17.8 Å². The van der Waals surface area contributed by atoms with E-state index in [0.29, 0.717) is 5.75 Å². The standard InChI is InChI=1S/C16H14FNO2/c1-18-9-11(13-8-12(17)6-7-14(13)18)10-20-16-5-3-2-4-15(16)19/h2-9,19H,10H2,1H3. The summed E-state index contributed by atoms with van der Waals surface area (Å²) in [5.74, 6) is 0.243. The van der Waals surface area contributed by atoms with Crippen molar-refractivity contribution < 1.29 is 14.2 Å². The van der Waals surface area contributed by atoms with Crippen LogP contribution in [0.3, 0.4) is 0 Å². The highest BCUT2D eigenvalue weighted by Gasteiger charge is 2.09. The highest BCUT2D eigenvalue weighted by Crippen LogP contribution is 2.27. The number of para-hydroxylation sites is 2. The molecule has 1 aromatic heterocycles. The van der Waals surface area contributed by atoms with Gasteiger partial charge in [-0.1, -0.05) is 12.1 Å². The highest BCUT2D eigenvalue weighted by atomic mass is 19.1. The third-order valence-corrected chi connectivity index (χ3v) is 3.28. The molecule has 0 unspecified atom stereocenters. The molecule has 3 aromatic rings. The SMILES string of the molecule is Cn1cc(COc2ccccc2O)c2cc(F)ccc21. The number of benzene rings is 2. The average molecular weight is 271 g/mol. The first kappa shape index (κ1) is 12.5. The molecule has 3 rings (SSSR count). The van der Waals surface area contributed by atoms with Crippen molar-refractivity contribution in [2.45, 2.75) is 6.61 Å². The van der Waals surface area contributed by atoms with Crippen LogP contribution in [0.25, 0.3) is 10.9 Å². The largest absolute Gasteiger partial charge is 0.504 e. The molecule has 1 heterocycles. The molecule has 20 heavy (non-hydrogen) atoms. The monoisotopic (exact) mass is 271 g/mol. The smallest absolute Gasteiger partial charge is 0.161 e. The Morgan fingerprint density at radius 2 is 2.00 bits per heavy atom. The van der Waals surface area contributed by atoms with Crippen molar-refractivity contribution in [2.24, 2.45) is 7.05 Å². The minimum Gasteiger partial charge on any atom is -0.504 e. The molecular weight excluding hydrogens is 257 g/mol. The van der Waals surface area contributed by atoms with Gasteiger partial charge in [-0.05, 0) is 30.3 Å². The zero-order valence-electron chi connectivity index (χ0n) is 11.0. The lowest BCUT2D eigenvalue weighted by molar-refractivity contribution is 0.290. The topological polar surface area (TPSA) is 34.4 Å². The van der Waals surface area contributed by atoms with Crippen molar-refractivity contribution in [2.75, 3.05) is 0 Å². The van der Waals surface area contributed by atoms with Crippen LogP contribution in [-0.2, 0) is 13.7 Å². The number of nitrogens with zero attached hydrogens (tertiary/aromatic N) is 1. The summed E-state index contributed by atoms with van der Waals surface area (Å²) in [6, 6.07) is 11.5. The van der Waals surface area contributed by atoms with E-state index in [1.165, 1.54) is 12.1 Å². The lowest BCUT2D eigenvalue weighted by Crippen LogP contribution is -1.95. The van der Waals surface area contributed by atoms with Gasteiger partial charge >= 0.3 is 0 Å². The third kappa shape index (κ3) is 2.20. The van der Waals surface area contributed by atoms with Crippen molar-refractivity contribution in [3.63, 3.8) is 0 Å². The third-order valence-electron chi connectivity index (χ3n) is 3.28. The van der Waals surface area contributed by atoms with Gasteiger partial charge in [0.2, 0.25) is 0 Å². The first-order chi connectivity index (χ1) is 9.65.